The molecule has 19 nitrogen and oxygen atoms in total. The van der Waals surface area contributed by atoms with Crippen LogP contribution in [0.5, 0.6) is 0 Å². The zero-order valence-corrected chi connectivity index (χ0v) is 44.2. The van der Waals surface area contributed by atoms with Gasteiger partial charge in [-0.25, -0.2) is 14.6 Å². The summed E-state index contributed by atoms with van der Waals surface area (Å²) in [6.07, 6.45) is 3.72. The Balaban J connectivity index is 1.33. The van der Waals surface area contributed by atoms with Crippen LogP contribution in [0.15, 0.2) is 66.2 Å². The quantitative estimate of drug-likeness (QED) is 0.0557. The third kappa shape index (κ3) is 17.3. The van der Waals surface area contributed by atoms with Crippen LogP contribution in [0.25, 0.3) is 0 Å². The van der Waals surface area contributed by atoms with Crippen LogP contribution < -0.4 is 27.0 Å². The van der Waals surface area contributed by atoms with Crippen molar-refractivity contribution in [3.05, 3.63) is 82.3 Å². The number of anilines is 1. The van der Waals surface area contributed by atoms with Crippen molar-refractivity contribution in [1.29, 1.82) is 0 Å². The first kappa shape index (κ1) is 58.5. The van der Waals surface area contributed by atoms with Crippen molar-refractivity contribution >= 4 is 58.7 Å². The molecule has 1 aliphatic heterocycles. The highest BCUT2D eigenvalue weighted by Gasteiger charge is 2.42. The van der Waals surface area contributed by atoms with Gasteiger partial charge in [0.2, 0.25) is 29.5 Å². The van der Waals surface area contributed by atoms with Crippen LogP contribution in [-0.2, 0) is 51.2 Å². The molecule has 0 spiro atoms. The first-order valence-electron chi connectivity index (χ1n) is 24.8. The lowest BCUT2D eigenvalue weighted by Gasteiger charge is -2.39. The lowest BCUT2D eigenvalue weighted by atomic mass is 9.90. The van der Waals surface area contributed by atoms with Crippen molar-refractivity contribution < 1.29 is 47.8 Å². The van der Waals surface area contributed by atoms with Gasteiger partial charge < -0.3 is 51.0 Å². The van der Waals surface area contributed by atoms with E-state index < -0.39 is 54.1 Å². The number of nitrogens with one attached hydrogen (secondary N) is 4. The number of ether oxygens (including phenoxy) is 3. The van der Waals surface area contributed by atoms with E-state index in [1.807, 2.05) is 56.5 Å². The van der Waals surface area contributed by atoms with Crippen molar-refractivity contribution in [3.8, 4) is 0 Å². The second kappa shape index (κ2) is 29.4. The summed E-state index contributed by atoms with van der Waals surface area (Å²) in [5, 5.41) is 13.9. The number of likely N-dealkylation sites (N-methyl/N-ethyl adjacent to an activating group) is 2. The summed E-state index contributed by atoms with van der Waals surface area (Å²) in [7, 11) is 6.18. The molecular weight excluding hydrogens is 943 g/mol. The molecule has 1 aromatic heterocycles. The molecule has 396 valence electrons. The molecule has 1 fully saturated rings. The van der Waals surface area contributed by atoms with Crippen molar-refractivity contribution in [3.63, 3.8) is 0 Å². The molecule has 0 saturated carbocycles. The monoisotopic (exact) mass is 1020 g/mol. The molecule has 72 heavy (non-hydrogen) atoms. The Kier molecular flexibility index (Phi) is 23.9. The number of nitrogens with two attached hydrogens (primary N) is 1. The Morgan fingerprint density at radius 2 is 1.60 bits per heavy atom. The number of rotatable bonds is 28. The number of primary amides is 1. The van der Waals surface area contributed by atoms with Gasteiger partial charge in [0.1, 0.15) is 17.7 Å². The van der Waals surface area contributed by atoms with E-state index in [0.29, 0.717) is 56.4 Å². The predicted molar refractivity (Wildman–Crippen MR) is 275 cm³/mol. The normalized spacial score (nSPS) is 16.3. The topological polar surface area (TPSA) is 244 Å². The van der Waals surface area contributed by atoms with Gasteiger partial charge in [0, 0.05) is 65.1 Å². The molecule has 2 aromatic carbocycles. The second-order valence-corrected chi connectivity index (χ2v) is 19.8. The number of urea groups is 1. The van der Waals surface area contributed by atoms with Gasteiger partial charge in [-0.2, -0.15) is 0 Å². The number of hydrogen-bond acceptors (Lipinski definition) is 12. The van der Waals surface area contributed by atoms with E-state index in [1.165, 1.54) is 35.3 Å². The largest absolute Gasteiger partial charge is 0.445 e. The van der Waals surface area contributed by atoms with E-state index >= 15 is 0 Å². The van der Waals surface area contributed by atoms with Gasteiger partial charge >= 0.3 is 12.1 Å². The van der Waals surface area contributed by atoms with E-state index in [9.17, 15) is 33.6 Å². The van der Waals surface area contributed by atoms with E-state index in [0.717, 1.165) is 17.0 Å². The van der Waals surface area contributed by atoms with Gasteiger partial charge in [-0.15, -0.1) is 11.3 Å². The van der Waals surface area contributed by atoms with Gasteiger partial charge in [-0.1, -0.05) is 83.5 Å². The molecule has 8 atom stereocenters. The van der Waals surface area contributed by atoms with Crippen LogP contribution >= 0.6 is 11.3 Å². The molecule has 1 aliphatic rings. The second-order valence-electron chi connectivity index (χ2n) is 18.8. The Hall–Kier alpha value is -6.12. The molecule has 0 radical (unpaired) electrons. The van der Waals surface area contributed by atoms with Crippen LogP contribution in [-0.4, -0.2) is 140 Å². The molecular formula is C52H77N9O10S. The first-order chi connectivity index (χ1) is 34.4. The van der Waals surface area contributed by atoms with E-state index in [2.05, 4.69) is 26.3 Å². The summed E-state index contributed by atoms with van der Waals surface area (Å²) in [5.41, 5.74) is 7.34. The zero-order chi connectivity index (χ0) is 52.9. The number of nitrogens with zero attached hydrogens (tertiary/aromatic N) is 4. The average Bonchev–Trinajstić information content (AvgIpc) is 4.09. The van der Waals surface area contributed by atoms with E-state index in [-0.39, 0.29) is 67.6 Å². The van der Waals surface area contributed by atoms with Crippen LogP contribution in [0, 0.1) is 17.8 Å². The number of hydrogen-bond donors (Lipinski definition) is 5. The van der Waals surface area contributed by atoms with Crippen LogP contribution in [0.2, 0.25) is 0 Å². The van der Waals surface area contributed by atoms with Crippen molar-refractivity contribution in [2.45, 2.75) is 129 Å². The molecule has 8 amide bonds. The number of carbonyl (C=O) groups is 7. The maximum Gasteiger partial charge on any atom is 0.410 e. The summed E-state index contributed by atoms with van der Waals surface area (Å²) >= 11 is 1.48. The number of thiazole rings is 1. The standard InChI is InChI=1S/C52H77N9O10S/c1-10-34(4)46(41(69-8)30-43(63)61-27-16-19-40(61)47(70-9)35(5)48(65)58-39(50-54-26-28-72-50)29-36-17-12-11-13-18-36)59(6)44(64)31-56-49(66)45(33(2)3)60(7)52(68)71-32-37-21-23-38(24-22-37)57-42(62)20-14-15-25-55-51(53)67/h11-13,17-18,21-24,26,28,33-35,39-41,45-47H,10,14-16,19-20,25,27,29-32H2,1-9H3,(H,56,66)(H,57,62)(H,58,65)(H3,53,55,67)/t34-,35+,39-,40?,41+,45?,46-,47+/m0/s1. The fourth-order valence-electron chi connectivity index (χ4n) is 9.29. The molecule has 0 bridgehead atoms. The Morgan fingerprint density at radius 1 is 0.889 bits per heavy atom. The lowest BCUT2D eigenvalue weighted by molar-refractivity contribution is -0.146. The highest BCUT2D eigenvalue weighted by Crippen LogP contribution is 2.30. The third-order valence-corrected chi connectivity index (χ3v) is 14.3. The molecule has 0 aliphatic carbocycles. The average molecular weight is 1020 g/mol. The van der Waals surface area contributed by atoms with Crippen LogP contribution in [0.4, 0.5) is 15.3 Å². The summed E-state index contributed by atoms with van der Waals surface area (Å²) in [4.78, 5) is 101. The maximum absolute atomic E-state index is 14.3. The highest BCUT2D eigenvalue weighted by atomic mass is 32.1. The van der Waals surface area contributed by atoms with Gasteiger partial charge in [-0.3, -0.25) is 28.9 Å². The van der Waals surface area contributed by atoms with Crippen LogP contribution in [0.3, 0.4) is 0 Å². The highest BCUT2D eigenvalue weighted by molar-refractivity contribution is 7.09. The smallest absolute Gasteiger partial charge is 0.410 e. The van der Waals surface area contributed by atoms with Crippen LogP contribution in [0.1, 0.15) is 102 Å². The van der Waals surface area contributed by atoms with Crippen molar-refractivity contribution in [2.75, 3.05) is 53.3 Å². The zero-order valence-electron chi connectivity index (χ0n) is 43.4. The van der Waals surface area contributed by atoms with Gasteiger partial charge in [-0.05, 0) is 67.2 Å². The number of likely N-dealkylation sites (tertiary alicyclic amines) is 1. The molecule has 20 heteroatoms. The fourth-order valence-corrected chi connectivity index (χ4v) is 9.98. The molecule has 2 heterocycles. The lowest BCUT2D eigenvalue weighted by Crippen LogP contribution is -2.55. The molecule has 4 rings (SSSR count). The summed E-state index contributed by atoms with van der Waals surface area (Å²) in [5.74, 6) is -2.57. The van der Waals surface area contributed by atoms with Crippen molar-refractivity contribution in [1.82, 2.24) is 35.6 Å². The number of aromatic nitrogens is 1. The minimum Gasteiger partial charge on any atom is -0.445 e. The fraction of sp³-hybridized carbons (Fsp3) is 0.577. The third-order valence-electron chi connectivity index (χ3n) is 13.4. The molecule has 2 unspecified atom stereocenters. The number of benzene rings is 2. The molecule has 6 N–H and O–H groups in total. The summed E-state index contributed by atoms with van der Waals surface area (Å²) in [6.45, 7) is 9.79. The Labute approximate surface area is 428 Å². The maximum atomic E-state index is 14.3. The Morgan fingerprint density at radius 3 is 2.21 bits per heavy atom. The number of unbranched alkanes of at least 4 members (excludes halogenated alkanes) is 1. The Bertz CT molecular complexity index is 2200. The van der Waals surface area contributed by atoms with Gasteiger partial charge in [0.25, 0.3) is 0 Å². The van der Waals surface area contributed by atoms with E-state index in [4.69, 9.17) is 19.9 Å². The minimum atomic E-state index is -0.971. The van der Waals surface area contributed by atoms with E-state index in [1.54, 1.807) is 63.4 Å². The molecule has 1 saturated heterocycles. The molecule has 3 aromatic rings. The number of amides is 8. The van der Waals surface area contributed by atoms with Gasteiger partial charge in [0.05, 0.1) is 49.2 Å². The number of methoxy groups -OCH3 is 2. The van der Waals surface area contributed by atoms with Gasteiger partial charge in [0.15, 0.2) is 0 Å². The van der Waals surface area contributed by atoms with Crippen molar-refractivity contribution in [2.24, 2.45) is 23.5 Å². The predicted octanol–water partition coefficient (Wildman–Crippen LogP) is 5.65. The summed E-state index contributed by atoms with van der Waals surface area (Å²) in [6, 6.07) is 13.9. The first-order valence-corrected chi connectivity index (χ1v) is 25.7. The minimum absolute atomic E-state index is 0.0325. The summed E-state index contributed by atoms with van der Waals surface area (Å²) < 4.78 is 17.6. The number of carbonyl (C=O) groups excluding carboxylic acids is 7. The SMILES string of the molecule is CC[C@H](C)[C@@H]([C@@H](CC(=O)N1CCCC1[C@H](OC)[C@@H](C)C(=O)N[C@@H](Cc1ccccc1)c1nccs1)OC)N(C)C(=O)CNC(=O)C(C(C)C)N(C)C(=O)OCc1ccc(NC(=O)CCCCNC(N)=O)cc1.